The molecule has 1 saturated heterocycles. The molecule has 0 amide bonds. The topological polar surface area (TPSA) is 41.9 Å². The second kappa shape index (κ2) is 6.36. The molecule has 0 bridgehead atoms. The van der Waals surface area contributed by atoms with E-state index in [4.69, 9.17) is 4.98 Å². The summed E-state index contributed by atoms with van der Waals surface area (Å²) in [6, 6.07) is 0. The van der Waals surface area contributed by atoms with Crippen LogP contribution in [-0.2, 0) is 12.8 Å². The highest BCUT2D eigenvalue weighted by molar-refractivity contribution is 8.00. The average Bonchev–Trinajstić information content (AvgIpc) is 2.46. The van der Waals surface area contributed by atoms with Crippen LogP contribution in [0.4, 0.5) is 5.95 Å². The van der Waals surface area contributed by atoms with E-state index in [1.165, 1.54) is 12.2 Å². The molecule has 18 heavy (non-hydrogen) atoms. The van der Waals surface area contributed by atoms with Crippen molar-refractivity contribution in [3.8, 4) is 0 Å². The lowest BCUT2D eigenvalue weighted by atomic mass is 10.2. The first-order valence-corrected chi connectivity index (χ1v) is 7.92. The van der Waals surface area contributed by atoms with Gasteiger partial charge in [-0.2, -0.15) is 16.9 Å². The van der Waals surface area contributed by atoms with Crippen molar-refractivity contribution in [2.75, 3.05) is 23.7 Å². The third kappa shape index (κ3) is 2.94. The van der Waals surface area contributed by atoms with Crippen molar-refractivity contribution in [1.82, 2.24) is 15.2 Å². The quantitative estimate of drug-likeness (QED) is 0.836. The van der Waals surface area contributed by atoms with Gasteiger partial charge in [-0.25, -0.2) is 4.98 Å². The van der Waals surface area contributed by atoms with Crippen LogP contribution in [-0.4, -0.2) is 39.3 Å². The van der Waals surface area contributed by atoms with Crippen molar-refractivity contribution < 1.29 is 0 Å². The van der Waals surface area contributed by atoms with Crippen LogP contribution >= 0.6 is 11.8 Å². The number of anilines is 1. The summed E-state index contributed by atoms with van der Waals surface area (Å²) in [7, 11) is 0. The van der Waals surface area contributed by atoms with Gasteiger partial charge in [-0.15, -0.1) is 5.10 Å². The van der Waals surface area contributed by atoms with Crippen LogP contribution < -0.4 is 4.90 Å². The summed E-state index contributed by atoms with van der Waals surface area (Å²) in [5.41, 5.74) is 2.15. The van der Waals surface area contributed by atoms with Crippen LogP contribution in [0, 0.1) is 0 Å². The predicted molar refractivity (Wildman–Crippen MR) is 77.3 cm³/mol. The number of hydrogen-bond donors (Lipinski definition) is 0. The van der Waals surface area contributed by atoms with Gasteiger partial charge >= 0.3 is 0 Å². The fourth-order valence-electron chi connectivity index (χ4n) is 2.21. The largest absolute Gasteiger partial charge is 0.338 e. The zero-order valence-corrected chi connectivity index (χ0v) is 12.3. The summed E-state index contributed by atoms with van der Waals surface area (Å²) in [6.07, 6.45) is 3.06. The molecule has 1 aliphatic rings. The molecule has 1 atom stereocenters. The Morgan fingerprint density at radius 3 is 2.61 bits per heavy atom. The molecule has 0 aliphatic carbocycles. The molecule has 1 aromatic heterocycles. The van der Waals surface area contributed by atoms with Gasteiger partial charge in [-0.3, -0.25) is 0 Å². The van der Waals surface area contributed by atoms with Gasteiger partial charge in [-0.1, -0.05) is 20.8 Å². The smallest absolute Gasteiger partial charge is 0.245 e. The van der Waals surface area contributed by atoms with Crippen molar-refractivity contribution >= 4 is 17.7 Å². The highest BCUT2D eigenvalue weighted by Crippen LogP contribution is 2.23. The van der Waals surface area contributed by atoms with E-state index in [0.29, 0.717) is 5.25 Å². The second-order valence-corrected chi connectivity index (χ2v) is 5.97. The zero-order chi connectivity index (χ0) is 13.0. The molecule has 1 aliphatic heterocycles. The van der Waals surface area contributed by atoms with E-state index in [1.807, 2.05) is 0 Å². The number of aromatic nitrogens is 3. The molecular formula is C13H22N4S. The Morgan fingerprint density at radius 1 is 1.17 bits per heavy atom. The van der Waals surface area contributed by atoms with Gasteiger partial charge in [-0.05, 0) is 19.3 Å². The number of hydrogen-bond acceptors (Lipinski definition) is 5. The van der Waals surface area contributed by atoms with Crippen LogP contribution in [0.2, 0.25) is 0 Å². The minimum absolute atomic E-state index is 0.707. The number of rotatable bonds is 4. The fourth-order valence-corrected chi connectivity index (χ4v) is 3.39. The summed E-state index contributed by atoms with van der Waals surface area (Å²) >= 11 is 2.06. The van der Waals surface area contributed by atoms with E-state index < -0.39 is 0 Å². The Hall–Kier alpha value is -0.840. The molecule has 2 heterocycles. The molecule has 100 valence electrons. The van der Waals surface area contributed by atoms with E-state index in [2.05, 4.69) is 47.6 Å². The van der Waals surface area contributed by atoms with Crippen LogP contribution in [0.3, 0.4) is 0 Å². The van der Waals surface area contributed by atoms with E-state index in [0.717, 1.165) is 43.3 Å². The van der Waals surface area contributed by atoms with Crippen LogP contribution in [0.15, 0.2) is 0 Å². The normalized spacial score (nSPS) is 20.2. The summed E-state index contributed by atoms with van der Waals surface area (Å²) in [4.78, 5) is 6.99. The highest BCUT2D eigenvalue weighted by atomic mass is 32.2. The molecule has 1 fully saturated rings. The SMILES string of the molecule is CCc1nnc(N2CCSC(CC)C2)nc1CC. The van der Waals surface area contributed by atoms with Gasteiger partial charge < -0.3 is 4.90 Å². The summed E-state index contributed by atoms with van der Waals surface area (Å²) in [6.45, 7) is 8.58. The molecular weight excluding hydrogens is 244 g/mol. The monoisotopic (exact) mass is 266 g/mol. The van der Waals surface area contributed by atoms with Gasteiger partial charge in [0.05, 0.1) is 11.4 Å². The molecule has 4 nitrogen and oxygen atoms in total. The second-order valence-electron chi connectivity index (χ2n) is 4.56. The number of thioether (sulfide) groups is 1. The van der Waals surface area contributed by atoms with Gasteiger partial charge in [0.15, 0.2) is 0 Å². The maximum Gasteiger partial charge on any atom is 0.245 e. The molecule has 5 heteroatoms. The maximum absolute atomic E-state index is 4.70. The van der Waals surface area contributed by atoms with E-state index >= 15 is 0 Å². The third-order valence-corrected chi connectivity index (χ3v) is 4.75. The zero-order valence-electron chi connectivity index (χ0n) is 11.5. The van der Waals surface area contributed by atoms with Crippen LogP contribution in [0.25, 0.3) is 0 Å². The Morgan fingerprint density at radius 2 is 1.94 bits per heavy atom. The average molecular weight is 266 g/mol. The standard InChI is InChI=1S/C13H22N4S/c1-4-10-9-17(7-8-18-10)13-14-11(5-2)12(6-3)15-16-13/h10H,4-9H2,1-3H3. The fraction of sp³-hybridized carbons (Fsp3) is 0.769. The summed E-state index contributed by atoms with van der Waals surface area (Å²) < 4.78 is 0. The first-order chi connectivity index (χ1) is 8.78. The molecule has 1 aromatic rings. The molecule has 0 radical (unpaired) electrons. The number of aryl methyl sites for hydroxylation is 2. The van der Waals surface area contributed by atoms with Crippen molar-refractivity contribution in [2.24, 2.45) is 0 Å². The summed E-state index contributed by atoms with van der Waals surface area (Å²) in [5.74, 6) is 1.99. The first kappa shape index (κ1) is 13.6. The van der Waals surface area contributed by atoms with Gasteiger partial charge in [0.25, 0.3) is 0 Å². The number of nitrogens with zero attached hydrogens (tertiary/aromatic N) is 4. The Balaban J connectivity index is 2.17. The van der Waals surface area contributed by atoms with Crippen molar-refractivity contribution in [3.05, 3.63) is 11.4 Å². The van der Waals surface area contributed by atoms with Gasteiger partial charge in [0.2, 0.25) is 5.95 Å². The molecule has 0 spiro atoms. The van der Waals surface area contributed by atoms with E-state index in [9.17, 15) is 0 Å². The minimum Gasteiger partial charge on any atom is -0.338 e. The molecule has 0 N–H and O–H groups in total. The lowest BCUT2D eigenvalue weighted by Gasteiger charge is -2.31. The minimum atomic E-state index is 0.707. The first-order valence-electron chi connectivity index (χ1n) is 6.87. The lowest BCUT2D eigenvalue weighted by molar-refractivity contribution is 0.689. The highest BCUT2D eigenvalue weighted by Gasteiger charge is 2.21. The molecule has 0 aromatic carbocycles. The molecule has 2 rings (SSSR count). The Kier molecular flexibility index (Phi) is 4.80. The Labute approximate surface area is 114 Å². The van der Waals surface area contributed by atoms with Crippen molar-refractivity contribution in [1.29, 1.82) is 0 Å². The van der Waals surface area contributed by atoms with Crippen LogP contribution in [0.5, 0.6) is 0 Å². The molecule has 1 unspecified atom stereocenters. The van der Waals surface area contributed by atoms with Crippen molar-refractivity contribution in [3.63, 3.8) is 0 Å². The van der Waals surface area contributed by atoms with E-state index in [-0.39, 0.29) is 0 Å². The lowest BCUT2D eigenvalue weighted by Crippen LogP contribution is -2.39. The van der Waals surface area contributed by atoms with Gasteiger partial charge in [0.1, 0.15) is 0 Å². The summed E-state index contributed by atoms with van der Waals surface area (Å²) in [5, 5.41) is 9.35. The maximum atomic E-state index is 4.70. The van der Waals surface area contributed by atoms with Crippen molar-refractivity contribution in [2.45, 2.75) is 45.3 Å². The van der Waals surface area contributed by atoms with E-state index in [1.54, 1.807) is 0 Å². The predicted octanol–water partition coefficient (Wildman–Crippen LogP) is 2.33. The molecule has 0 saturated carbocycles. The van der Waals surface area contributed by atoms with Crippen LogP contribution in [0.1, 0.15) is 38.6 Å². The Bertz CT molecular complexity index is 397. The third-order valence-electron chi connectivity index (χ3n) is 3.37. The van der Waals surface area contributed by atoms with Gasteiger partial charge in [0, 0.05) is 24.1 Å².